The third-order valence-corrected chi connectivity index (χ3v) is 4.27. The lowest BCUT2D eigenvalue weighted by molar-refractivity contribution is -0.141. The van der Waals surface area contributed by atoms with Crippen molar-refractivity contribution in [3.8, 4) is 0 Å². The minimum atomic E-state index is -1.10. The van der Waals surface area contributed by atoms with Gasteiger partial charge >= 0.3 is 5.97 Å². The van der Waals surface area contributed by atoms with E-state index in [1.807, 2.05) is 0 Å². The molecule has 0 saturated heterocycles. The van der Waals surface area contributed by atoms with E-state index in [-0.39, 0.29) is 16.9 Å². The standard InChI is InChI=1S/C16H15NO4S/c1-10(16(20)21)17(2)15(19)12-7-4-3-6-11(12)14(18)13-8-5-9-22-13/h3-10H,1-2H3,(H,20,21)/t10-/m1/s1. The average Bonchev–Trinajstić information content (AvgIpc) is 3.06. The highest BCUT2D eigenvalue weighted by atomic mass is 32.1. The van der Waals surface area contributed by atoms with Crippen molar-refractivity contribution < 1.29 is 19.5 Å². The molecule has 0 spiro atoms. The van der Waals surface area contributed by atoms with Gasteiger partial charge in [0, 0.05) is 12.6 Å². The second-order valence-electron chi connectivity index (χ2n) is 4.78. The quantitative estimate of drug-likeness (QED) is 0.860. The van der Waals surface area contributed by atoms with E-state index in [4.69, 9.17) is 5.11 Å². The molecule has 0 aliphatic heterocycles. The summed E-state index contributed by atoms with van der Waals surface area (Å²) in [5.74, 6) is -1.83. The summed E-state index contributed by atoms with van der Waals surface area (Å²) in [4.78, 5) is 37.7. The van der Waals surface area contributed by atoms with Crippen LogP contribution in [0, 0.1) is 0 Å². The molecule has 0 unspecified atom stereocenters. The van der Waals surface area contributed by atoms with Crippen LogP contribution in [0.5, 0.6) is 0 Å². The molecule has 0 aliphatic rings. The monoisotopic (exact) mass is 317 g/mol. The fourth-order valence-electron chi connectivity index (χ4n) is 1.94. The summed E-state index contributed by atoms with van der Waals surface area (Å²) in [6.45, 7) is 1.42. The van der Waals surface area contributed by atoms with Crippen molar-refractivity contribution in [1.29, 1.82) is 0 Å². The van der Waals surface area contributed by atoms with Crippen LogP contribution < -0.4 is 0 Å². The minimum Gasteiger partial charge on any atom is -0.480 e. The normalized spacial score (nSPS) is 11.7. The first kappa shape index (κ1) is 15.9. The molecular formula is C16H15NO4S. The van der Waals surface area contributed by atoms with Crippen LogP contribution in [0.4, 0.5) is 0 Å². The smallest absolute Gasteiger partial charge is 0.326 e. The summed E-state index contributed by atoms with van der Waals surface area (Å²) in [6.07, 6.45) is 0. The molecule has 22 heavy (non-hydrogen) atoms. The van der Waals surface area contributed by atoms with Gasteiger partial charge in [0.25, 0.3) is 5.91 Å². The second kappa shape index (κ2) is 6.53. The van der Waals surface area contributed by atoms with E-state index in [9.17, 15) is 14.4 Å². The number of likely N-dealkylation sites (N-methyl/N-ethyl adjacent to an activating group) is 1. The molecule has 1 aromatic carbocycles. The number of nitrogens with zero attached hydrogens (tertiary/aromatic N) is 1. The average molecular weight is 317 g/mol. The molecule has 1 amide bonds. The number of carbonyl (C=O) groups excluding carboxylic acids is 2. The first-order chi connectivity index (χ1) is 10.4. The summed E-state index contributed by atoms with van der Waals surface area (Å²) < 4.78 is 0. The molecule has 2 rings (SSSR count). The Labute approximate surface area is 131 Å². The molecular weight excluding hydrogens is 302 g/mol. The van der Waals surface area contributed by atoms with Gasteiger partial charge in [0.1, 0.15) is 6.04 Å². The maximum absolute atomic E-state index is 12.5. The number of amides is 1. The fraction of sp³-hybridized carbons (Fsp3) is 0.188. The lowest BCUT2D eigenvalue weighted by atomic mass is 10.0. The van der Waals surface area contributed by atoms with Crippen molar-refractivity contribution in [2.24, 2.45) is 0 Å². The zero-order valence-electron chi connectivity index (χ0n) is 12.1. The van der Waals surface area contributed by atoms with Crippen molar-refractivity contribution in [2.75, 3.05) is 7.05 Å². The fourth-order valence-corrected chi connectivity index (χ4v) is 2.62. The Bertz CT molecular complexity index is 709. The van der Waals surface area contributed by atoms with Crippen molar-refractivity contribution in [1.82, 2.24) is 4.90 Å². The van der Waals surface area contributed by atoms with Crippen LogP contribution >= 0.6 is 11.3 Å². The van der Waals surface area contributed by atoms with Crippen LogP contribution in [0.2, 0.25) is 0 Å². The number of ketones is 1. The summed E-state index contributed by atoms with van der Waals surface area (Å²) in [5.41, 5.74) is 0.482. The topological polar surface area (TPSA) is 74.7 Å². The van der Waals surface area contributed by atoms with E-state index < -0.39 is 17.9 Å². The number of carboxylic acid groups (broad SMARTS) is 1. The van der Waals surface area contributed by atoms with E-state index in [1.54, 1.807) is 35.7 Å². The number of benzene rings is 1. The Balaban J connectivity index is 2.38. The summed E-state index contributed by atoms with van der Waals surface area (Å²) in [5, 5.41) is 10.8. The Morgan fingerprint density at radius 1 is 1.09 bits per heavy atom. The second-order valence-corrected chi connectivity index (χ2v) is 5.73. The number of carboxylic acids is 1. The van der Waals surface area contributed by atoms with Gasteiger partial charge in [-0.3, -0.25) is 9.59 Å². The molecule has 114 valence electrons. The van der Waals surface area contributed by atoms with Crippen LogP contribution in [0.25, 0.3) is 0 Å². The van der Waals surface area contributed by atoms with E-state index in [0.29, 0.717) is 4.88 Å². The number of carbonyl (C=O) groups is 3. The van der Waals surface area contributed by atoms with Gasteiger partial charge in [-0.25, -0.2) is 4.79 Å². The lowest BCUT2D eigenvalue weighted by Crippen LogP contribution is -2.40. The first-order valence-corrected chi connectivity index (χ1v) is 7.48. The van der Waals surface area contributed by atoms with Crippen molar-refractivity contribution in [3.63, 3.8) is 0 Å². The van der Waals surface area contributed by atoms with Gasteiger partial charge in [0.05, 0.1) is 10.4 Å². The summed E-state index contributed by atoms with van der Waals surface area (Å²) in [6, 6.07) is 8.93. The third kappa shape index (κ3) is 3.07. The molecule has 0 bridgehead atoms. The molecule has 5 nitrogen and oxygen atoms in total. The van der Waals surface area contributed by atoms with Gasteiger partial charge in [-0.05, 0) is 24.4 Å². The van der Waals surface area contributed by atoms with Crippen LogP contribution in [-0.4, -0.2) is 40.8 Å². The largest absolute Gasteiger partial charge is 0.480 e. The minimum absolute atomic E-state index is 0.205. The number of rotatable bonds is 5. The molecule has 1 atom stereocenters. The molecule has 0 fully saturated rings. The van der Waals surface area contributed by atoms with Gasteiger partial charge < -0.3 is 10.0 Å². The zero-order chi connectivity index (χ0) is 16.3. The molecule has 1 N–H and O–H groups in total. The number of hydrogen-bond acceptors (Lipinski definition) is 4. The van der Waals surface area contributed by atoms with Crippen LogP contribution in [0.1, 0.15) is 32.5 Å². The predicted molar refractivity (Wildman–Crippen MR) is 83.4 cm³/mol. The lowest BCUT2D eigenvalue weighted by Gasteiger charge is -2.22. The molecule has 2 aromatic rings. The molecule has 1 aromatic heterocycles. The predicted octanol–water partition coefficient (Wildman–Crippen LogP) is 2.52. The first-order valence-electron chi connectivity index (χ1n) is 6.60. The van der Waals surface area contributed by atoms with Crippen molar-refractivity contribution in [3.05, 3.63) is 57.8 Å². The Hall–Kier alpha value is -2.47. The maximum Gasteiger partial charge on any atom is 0.326 e. The highest BCUT2D eigenvalue weighted by Gasteiger charge is 2.26. The van der Waals surface area contributed by atoms with Gasteiger partial charge in [-0.15, -0.1) is 11.3 Å². The SMILES string of the molecule is C[C@H](C(=O)O)N(C)C(=O)c1ccccc1C(=O)c1cccs1. The number of aliphatic carboxylic acids is 1. The maximum atomic E-state index is 12.5. The van der Waals surface area contributed by atoms with Crippen LogP contribution in [0.15, 0.2) is 41.8 Å². The van der Waals surface area contributed by atoms with E-state index >= 15 is 0 Å². The number of hydrogen-bond donors (Lipinski definition) is 1. The molecule has 0 saturated carbocycles. The highest BCUT2D eigenvalue weighted by Crippen LogP contribution is 2.20. The molecule has 0 radical (unpaired) electrons. The van der Waals surface area contributed by atoms with Crippen molar-refractivity contribution in [2.45, 2.75) is 13.0 Å². The van der Waals surface area contributed by atoms with Gasteiger partial charge in [-0.2, -0.15) is 0 Å². The Morgan fingerprint density at radius 3 is 2.27 bits per heavy atom. The summed E-state index contributed by atoms with van der Waals surface area (Å²) in [7, 11) is 1.41. The zero-order valence-corrected chi connectivity index (χ0v) is 13.0. The molecule has 0 aliphatic carbocycles. The van der Waals surface area contributed by atoms with Crippen molar-refractivity contribution >= 4 is 29.0 Å². The van der Waals surface area contributed by atoms with Gasteiger partial charge in [0.2, 0.25) is 5.78 Å². The van der Waals surface area contributed by atoms with Crippen LogP contribution in [0.3, 0.4) is 0 Å². The highest BCUT2D eigenvalue weighted by molar-refractivity contribution is 7.12. The summed E-state index contributed by atoms with van der Waals surface area (Å²) >= 11 is 1.30. The Kier molecular flexibility index (Phi) is 4.72. The third-order valence-electron chi connectivity index (χ3n) is 3.41. The molecule has 1 heterocycles. The van der Waals surface area contributed by atoms with E-state index in [1.165, 1.54) is 31.4 Å². The number of thiophene rings is 1. The van der Waals surface area contributed by atoms with Gasteiger partial charge in [-0.1, -0.05) is 24.3 Å². The van der Waals surface area contributed by atoms with Crippen LogP contribution in [-0.2, 0) is 4.79 Å². The van der Waals surface area contributed by atoms with E-state index in [0.717, 1.165) is 4.90 Å². The molecule has 6 heteroatoms. The Morgan fingerprint density at radius 2 is 1.73 bits per heavy atom. The van der Waals surface area contributed by atoms with Gasteiger partial charge in [0.15, 0.2) is 0 Å². The van der Waals surface area contributed by atoms with E-state index in [2.05, 4.69) is 0 Å².